The zero-order chi connectivity index (χ0) is 11.8. The Bertz CT molecular complexity index is 580. The van der Waals surface area contributed by atoms with E-state index in [1.165, 1.54) is 27.7 Å². The highest BCUT2D eigenvalue weighted by Crippen LogP contribution is 2.34. The van der Waals surface area contributed by atoms with Crippen LogP contribution in [-0.4, -0.2) is 4.98 Å². The van der Waals surface area contributed by atoms with E-state index in [1.807, 2.05) is 0 Å². The average Bonchev–Trinajstić information content (AvgIpc) is 2.37. The molecule has 17 heavy (non-hydrogen) atoms. The van der Waals surface area contributed by atoms with Gasteiger partial charge in [0.25, 0.3) is 0 Å². The van der Waals surface area contributed by atoms with Crippen LogP contribution in [0, 0.1) is 3.57 Å². The Morgan fingerprint density at radius 1 is 1.24 bits per heavy atom. The highest BCUT2D eigenvalue weighted by Gasteiger charge is 2.18. The number of hydrogen-bond donors (Lipinski definition) is 2. The maximum Gasteiger partial charge on any atom is 0.0860 e. The monoisotopic (exact) mass is 339 g/mol. The Morgan fingerprint density at radius 2 is 2.06 bits per heavy atom. The van der Waals surface area contributed by atoms with Crippen LogP contribution in [0.4, 0.5) is 5.69 Å². The van der Waals surface area contributed by atoms with E-state index in [2.05, 4.69) is 46.2 Å². The lowest BCUT2D eigenvalue weighted by Gasteiger charge is -2.20. The zero-order valence-electron chi connectivity index (χ0n) is 9.46. The van der Waals surface area contributed by atoms with E-state index in [1.54, 1.807) is 0 Å². The number of aryl methyl sites for hydroxylation is 1. The molecule has 3 rings (SSSR count). The first-order valence-electron chi connectivity index (χ1n) is 5.88. The average molecular weight is 339 g/mol. The summed E-state index contributed by atoms with van der Waals surface area (Å²) in [6, 6.07) is 6.24. The van der Waals surface area contributed by atoms with Crippen LogP contribution in [0.25, 0.3) is 10.9 Å². The number of hydrazine groups is 1. The van der Waals surface area contributed by atoms with Gasteiger partial charge < -0.3 is 5.43 Å². The number of fused-ring (bicyclic) bond motifs is 2. The summed E-state index contributed by atoms with van der Waals surface area (Å²) >= 11 is 2.33. The smallest absolute Gasteiger partial charge is 0.0860 e. The van der Waals surface area contributed by atoms with Crippen LogP contribution >= 0.6 is 22.6 Å². The second-order valence-corrected chi connectivity index (χ2v) is 5.56. The van der Waals surface area contributed by atoms with E-state index in [0.717, 1.165) is 29.4 Å². The minimum absolute atomic E-state index is 1.07. The first-order chi connectivity index (χ1) is 8.31. The van der Waals surface area contributed by atoms with Gasteiger partial charge in [0.15, 0.2) is 0 Å². The zero-order valence-corrected chi connectivity index (χ0v) is 11.6. The molecule has 3 N–H and O–H groups in total. The van der Waals surface area contributed by atoms with Crippen molar-refractivity contribution in [1.82, 2.24) is 4.98 Å². The summed E-state index contributed by atoms with van der Waals surface area (Å²) in [6.45, 7) is 0. The van der Waals surface area contributed by atoms with Gasteiger partial charge in [-0.05, 0) is 59.9 Å². The Hall–Kier alpha value is -0.880. The van der Waals surface area contributed by atoms with Gasteiger partial charge in [0.1, 0.15) is 0 Å². The van der Waals surface area contributed by atoms with Crippen LogP contribution in [-0.2, 0) is 12.8 Å². The van der Waals surface area contributed by atoms with Gasteiger partial charge in [-0.2, -0.15) is 0 Å². The fourth-order valence-electron chi connectivity index (χ4n) is 2.58. The van der Waals surface area contributed by atoms with Crippen LogP contribution in [0.2, 0.25) is 0 Å². The van der Waals surface area contributed by atoms with Crippen LogP contribution in [0.3, 0.4) is 0 Å². The minimum Gasteiger partial charge on any atom is -0.323 e. The van der Waals surface area contributed by atoms with Crippen molar-refractivity contribution in [1.29, 1.82) is 0 Å². The largest absolute Gasteiger partial charge is 0.323 e. The number of nitrogens with two attached hydrogens (primary N) is 1. The van der Waals surface area contributed by atoms with Gasteiger partial charge in [0, 0.05) is 14.7 Å². The van der Waals surface area contributed by atoms with Gasteiger partial charge in [-0.25, -0.2) is 0 Å². The van der Waals surface area contributed by atoms with Crippen molar-refractivity contribution in [2.75, 3.05) is 5.43 Å². The molecule has 3 nitrogen and oxygen atoms in total. The van der Waals surface area contributed by atoms with Crippen molar-refractivity contribution in [3.05, 3.63) is 33.0 Å². The highest BCUT2D eigenvalue weighted by atomic mass is 127. The lowest BCUT2D eigenvalue weighted by molar-refractivity contribution is 0.672. The molecule has 1 aliphatic rings. The number of anilines is 1. The maximum absolute atomic E-state index is 5.71. The van der Waals surface area contributed by atoms with Crippen molar-refractivity contribution in [2.45, 2.75) is 25.7 Å². The lowest BCUT2D eigenvalue weighted by Crippen LogP contribution is -2.15. The summed E-state index contributed by atoms with van der Waals surface area (Å²) in [4.78, 5) is 4.82. The molecule has 1 aromatic heterocycles. The standard InChI is InChI=1S/C13H14IN3/c14-10-6-3-5-9-12(17-15)8-4-1-2-7-11(8)16-13(9)10/h3,5-6H,1-2,4,7,15H2,(H,16,17). The number of nitrogens with one attached hydrogen (secondary N) is 1. The van der Waals surface area contributed by atoms with E-state index in [0.29, 0.717) is 0 Å². The molecule has 1 aliphatic carbocycles. The second-order valence-electron chi connectivity index (χ2n) is 4.40. The molecule has 1 aromatic carbocycles. The van der Waals surface area contributed by atoms with E-state index < -0.39 is 0 Å². The molecule has 0 atom stereocenters. The predicted octanol–water partition coefficient (Wildman–Crippen LogP) is 3.00. The number of nitrogens with zero attached hydrogens (tertiary/aromatic N) is 1. The molecule has 0 amide bonds. The van der Waals surface area contributed by atoms with E-state index >= 15 is 0 Å². The highest BCUT2D eigenvalue weighted by molar-refractivity contribution is 14.1. The number of nitrogen functional groups attached to an aromatic ring is 1. The Morgan fingerprint density at radius 3 is 2.88 bits per heavy atom. The summed E-state index contributed by atoms with van der Waals surface area (Å²) < 4.78 is 1.19. The molecule has 88 valence electrons. The molecule has 0 saturated carbocycles. The van der Waals surface area contributed by atoms with Gasteiger partial charge in [0.2, 0.25) is 0 Å². The number of halogens is 1. The first-order valence-corrected chi connectivity index (χ1v) is 6.95. The summed E-state index contributed by atoms with van der Waals surface area (Å²) in [5, 5.41) is 1.14. The predicted molar refractivity (Wildman–Crippen MR) is 78.9 cm³/mol. The van der Waals surface area contributed by atoms with Crippen molar-refractivity contribution < 1.29 is 0 Å². The number of rotatable bonds is 1. The summed E-state index contributed by atoms with van der Waals surface area (Å²) in [5.74, 6) is 5.71. The molecule has 0 saturated heterocycles. The van der Waals surface area contributed by atoms with E-state index in [4.69, 9.17) is 10.8 Å². The normalized spacial score (nSPS) is 14.7. The van der Waals surface area contributed by atoms with Crippen LogP contribution < -0.4 is 11.3 Å². The first kappa shape index (κ1) is 11.2. The molecule has 0 bridgehead atoms. The number of hydrogen-bond acceptors (Lipinski definition) is 3. The molecule has 0 radical (unpaired) electrons. The maximum atomic E-state index is 5.71. The van der Waals surface area contributed by atoms with E-state index in [9.17, 15) is 0 Å². The lowest BCUT2D eigenvalue weighted by atomic mass is 9.93. The van der Waals surface area contributed by atoms with E-state index in [-0.39, 0.29) is 0 Å². The topological polar surface area (TPSA) is 50.9 Å². The molecule has 0 fully saturated rings. The van der Waals surface area contributed by atoms with Crippen molar-refractivity contribution in [3.63, 3.8) is 0 Å². The molecule has 0 spiro atoms. The molecular formula is C13H14IN3. The second kappa shape index (κ2) is 4.42. The summed E-state index contributed by atoms with van der Waals surface area (Å²) in [7, 11) is 0. The van der Waals surface area contributed by atoms with Gasteiger partial charge >= 0.3 is 0 Å². The molecular weight excluding hydrogens is 325 g/mol. The molecule has 4 heteroatoms. The fourth-order valence-corrected chi connectivity index (χ4v) is 3.19. The summed E-state index contributed by atoms with van der Waals surface area (Å²) in [6.07, 6.45) is 4.63. The summed E-state index contributed by atoms with van der Waals surface area (Å²) in [5.41, 5.74) is 7.56. The van der Waals surface area contributed by atoms with Gasteiger partial charge in [-0.1, -0.05) is 12.1 Å². The minimum atomic E-state index is 1.07. The van der Waals surface area contributed by atoms with Gasteiger partial charge in [-0.3, -0.25) is 10.8 Å². The molecule has 2 aromatic rings. The van der Waals surface area contributed by atoms with Crippen molar-refractivity contribution in [3.8, 4) is 0 Å². The third-order valence-electron chi connectivity index (χ3n) is 3.39. The van der Waals surface area contributed by atoms with Crippen molar-refractivity contribution in [2.24, 2.45) is 5.84 Å². The third kappa shape index (κ3) is 1.79. The van der Waals surface area contributed by atoms with Crippen LogP contribution in [0.15, 0.2) is 18.2 Å². The quantitative estimate of drug-likeness (QED) is 0.477. The number of para-hydroxylation sites is 1. The van der Waals surface area contributed by atoms with Crippen LogP contribution in [0.5, 0.6) is 0 Å². The Kier molecular flexibility index (Phi) is 2.92. The molecule has 0 unspecified atom stereocenters. The Labute approximate surface area is 114 Å². The SMILES string of the molecule is NNc1c2c(nc3c(I)cccc13)CCCC2. The van der Waals surface area contributed by atoms with Crippen LogP contribution in [0.1, 0.15) is 24.1 Å². The molecule has 1 heterocycles. The van der Waals surface area contributed by atoms with Gasteiger partial charge in [-0.15, -0.1) is 0 Å². The number of benzene rings is 1. The number of aromatic nitrogens is 1. The van der Waals surface area contributed by atoms with Gasteiger partial charge in [0.05, 0.1) is 11.2 Å². The fraction of sp³-hybridized carbons (Fsp3) is 0.308. The number of pyridine rings is 1. The molecule has 0 aliphatic heterocycles. The Balaban J connectivity index is 2.39. The van der Waals surface area contributed by atoms with Crippen molar-refractivity contribution >= 4 is 39.2 Å². The third-order valence-corrected chi connectivity index (χ3v) is 4.26.